The molecule has 0 aromatic carbocycles. The van der Waals surface area contributed by atoms with Crippen molar-refractivity contribution in [1.29, 1.82) is 0 Å². The van der Waals surface area contributed by atoms with Crippen molar-refractivity contribution in [2.24, 2.45) is 5.92 Å². The normalized spacial score (nSPS) is 30.7. The molecule has 1 saturated carbocycles. The van der Waals surface area contributed by atoms with Crippen molar-refractivity contribution in [1.82, 2.24) is 0 Å². The van der Waals surface area contributed by atoms with Crippen LogP contribution < -0.4 is 0 Å². The van der Waals surface area contributed by atoms with E-state index in [1.807, 2.05) is 0 Å². The Labute approximate surface area is 103 Å². The lowest BCUT2D eigenvalue weighted by Crippen LogP contribution is -2.13. The zero-order chi connectivity index (χ0) is 12.3. The lowest BCUT2D eigenvalue weighted by molar-refractivity contribution is -0.132. The van der Waals surface area contributed by atoms with Gasteiger partial charge in [-0.1, -0.05) is 25.8 Å². The van der Waals surface area contributed by atoms with Gasteiger partial charge in [0.05, 0.1) is 12.2 Å². The van der Waals surface area contributed by atoms with Crippen molar-refractivity contribution >= 4 is 5.97 Å². The highest BCUT2D eigenvalue weighted by atomic mass is 16.6. The van der Waals surface area contributed by atoms with Gasteiger partial charge in [0.15, 0.2) is 0 Å². The first-order chi connectivity index (χ1) is 8.16. The van der Waals surface area contributed by atoms with Crippen molar-refractivity contribution in [3.05, 3.63) is 12.2 Å². The molecule has 96 valence electrons. The van der Waals surface area contributed by atoms with E-state index in [2.05, 4.69) is 6.58 Å². The lowest BCUT2D eigenvalue weighted by Gasteiger charge is -2.18. The molecule has 0 aromatic heterocycles. The molecule has 3 atom stereocenters. The molecule has 0 bridgehead atoms. The number of carboxylic acids is 1. The van der Waals surface area contributed by atoms with Gasteiger partial charge in [0.1, 0.15) is 0 Å². The van der Waals surface area contributed by atoms with Crippen LogP contribution in [0.3, 0.4) is 0 Å². The Hall–Kier alpha value is -0.830. The number of rotatable bonds is 7. The molecule has 1 saturated heterocycles. The van der Waals surface area contributed by atoms with Crippen molar-refractivity contribution in [3.63, 3.8) is 0 Å². The van der Waals surface area contributed by atoms with Crippen LogP contribution in [0.15, 0.2) is 12.2 Å². The number of carbonyl (C=O) groups is 1. The molecule has 0 spiro atoms. The van der Waals surface area contributed by atoms with E-state index in [-0.39, 0.29) is 0 Å². The summed E-state index contributed by atoms with van der Waals surface area (Å²) in [6.45, 7) is 3.54. The van der Waals surface area contributed by atoms with Gasteiger partial charge in [0.25, 0.3) is 0 Å². The average Bonchev–Trinajstić information content (AvgIpc) is 3.06. The van der Waals surface area contributed by atoms with Crippen molar-refractivity contribution in [2.75, 3.05) is 0 Å². The predicted octanol–water partition coefficient (Wildman–Crippen LogP) is 3.15. The summed E-state index contributed by atoms with van der Waals surface area (Å²) in [7, 11) is 0. The Morgan fingerprint density at radius 2 is 2.06 bits per heavy atom. The third kappa shape index (κ3) is 3.84. The standard InChI is InChI=1S/C14H22O3/c1-10(14(15)16)5-3-2-4-6-11-7-8-12-13(9-11)17-12/h11-13H,1-9H2,(H,15,16). The largest absolute Gasteiger partial charge is 0.478 e. The molecule has 3 nitrogen and oxygen atoms in total. The molecule has 1 aliphatic heterocycles. The average molecular weight is 238 g/mol. The summed E-state index contributed by atoms with van der Waals surface area (Å²) in [6.07, 6.45) is 10.2. The Morgan fingerprint density at radius 1 is 1.24 bits per heavy atom. The summed E-state index contributed by atoms with van der Waals surface area (Å²) >= 11 is 0. The van der Waals surface area contributed by atoms with E-state index in [1.54, 1.807) is 0 Å². The second kappa shape index (κ2) is 5.67. The molecule has 0 aromatic rings. The molecule has 1 N–H and O–H groups in total. The van der Waals surface area contributed by atoms with E-state index in [4.69, 9.17) is 9.84 Å². The quantitative estimate of drug-likeness (QED) is 0.421. The van der Waals surface area contributed by atoms with Gasteiger partial charge in [-0.2, -0.15) is 0 Å². The number of hydrogen-bond donors (Lipinski definition) is 1. The fraction of sp³-hybridized carbons (Fsp3) is 0.786. The Balaban J connectivity index is 1.48. The topological polar surface area (TPSA) is 49.8 Å². The first-order valence-corrected chi connectivity index (χ1v) is 6.73. The van der Waals surface area contributed by atoms with Crippen molar-refractivity contribution in [3.8, 4) is 0 Å². The van der Waals surface area contributed by atoms with Gasteiger partial charge in [-0.15, -0.1) is 0 Å². The van der Waals surface area contributed by atoms with Gasteiger partial charge >= 0.3 is 5.97 Å². The predicted molar refractivity (Wildman–Crippen MR) is 65.9 cm³/mol. The van der Waals surface area contributed by atoms with E-state index in [0.717, 1.165) is 18.8 Å². The van der Waals surface area contributed by atoms with E-state index in [1.165, 1.54) is 32.1 Å². The number of carboxylic acid groups (broad SMARTS) is 1. The van der Waals surface area contributed by atoms with Crippen LogP contribution in [0.1, 0.15) is 51.4 Å². The molecular weight excluding hydrogens is 216 g/mol. The Bertz CT molecular complexity index is 298. The summed E-state index contributed by atoms with van der Waals surface area (Å²) in [4.78, 5) is 10.5. The molecule has 2 fully saturated rings. The summed E-state index contributed by atoms with van der Waals surface area (Å²) in [5, 5.41) is 8.66. The maximum absolute atomic E-state index is 10.5. The van der Waals surface area contributed by atoms with E-state index < -0.39 is 5.97 Å². The summed E-state index contributed by atoms with van der Waals surface area (Å²) in [5.41, 5.74) is 0.344. The highest BCUT2D eigenvalue weighted by molar-refractivity contribution is 5.85. The van der Waals surface area contributed by atoms with Gasteiger partial charge in [-0.05, 0) is 38.0 Å². The van der Waals surface area contributed by atoms with Gasteiger partial charge < -0.3 is 9.84 Å². The van der Waals surface area contributed by atoms with E-state index in [0.29, 0.717) is 24.2 Å². The van der Waals surface area contributed by atoms with Crippen LogP contribution in [-0.4, -0.2) is 23.3 Å². The number of hydrogen-bond acceptors (Lipinski definition) is 2. The molecular formula is C14H22O3. The van der Waals surface area contributed by atoms with Crippen molar-refractivity contribution < 1.29 is 14.6 Å². The van der Waals surface area contributed by atoms with Crippen LogP contribution >= 0.6 is 0 Å². The number of ether oxygens (including phenoxy) is 1. The zero-order valence-electron chi connectivity index (χ0n) is 10.4. The number of fused-ring (bicyclic) bond motifs is 1. The minimum Gasteiger partial charge on any atom is -0.478 e. The minimum atomic E-state index is -0.853. The van der Waals surface area contributed by atoms with Crippen LogP contribution in [0.5, 0.6) is 0 Å². The zero-order valence-corrected chi connectivity index (χ0v) is 10.4. The summed E-state index contributed by atoms with van der Waals surface area (Å²) < 4.78 is 5.52. The van der Waals surface area contributed by atoms with Crippen LogP contribution in [-0.2, 0) is 9.53 Å². The van der Waals surface area contributed by atoms with Crippen molar-refractivity contribution in [2.45, 2.75) is 63.6 Å². The maximum Gasteiger partial charge on any atom is 0.330 e. The fourth-order valence-corrected chi connectivity index (χ4v) is 2.80. The first-order valence-electron chi connectivity index (χ1n) is 6.73. The number of epoxide rings is 1. The monoisotopic (exact) mass is 238 g/mol. The highest BCUT2D eigenvalue weighted by Gasteiger charge is 2.43. The fourth-order valence-electron chi connectivity index (χ4n) is 2.80. The van der Waals surface area contributed by atoms with E-state index >= 15 is 0 Å². The molecule has 2 aliphatic rings. The van der Waals surface area contributed by atoms with Crippen LogP contribution in [0.2, 0.25) is 0 Å². The third-order valence-electron chi connectivity index (χ3n) is 4.01. The molecule has 3 unspecified atom stereocenters. The molecule has 17 heavy (non-hydrogen) atoms. The summed E-state index contributed by atoms with van der Waals surface area (Å²) in [6, 6.07) is 0. The lowest BCUT2D eigenvalue weighted by atomic mass is 9.85. The van der Waals surface area contributed by atoms with Gasteiger partial charge in [-0.25, -0.2) is 4.79 Å². The number of aliphatic carboxylic acids is 1. The maximum atomic E-state index is 10.5. The molecule has 1 aliphatic carbocycles. The van der Waals surface area contributed by atoms with Gasteiger partial charge in [0.2, 0.25) is 0 Å². The molecule has 2 rings (SSSR count). The number of unbranched alkanes of at least 4 members (excludes halogenated alkanes) is 2. The third-order valence-corrected chi connectivity index (χ3v) is 4.01. The first kappa shape index (κ1) is 12.6. The second-order valence-electron chi connectivity index (χ2n) is 5.40. The molecule has 3 heteroatoms. The van der Waals surface area contributed by atoms with Gasteiger partial charge in [0, 0.05) is 5.57 Å². The van der Waals surface area contributed by atoms with Crippen LogP contribution in [0.25, 0.3) is 0 Å². The summed E-state index contributed by atoms with van der Waals surface area (Å²) in [5.74, 6) is -0.00405. The smallest absolute Gasteiger partial charge is 0.330 e. The SMILES string of the molecule is C=C(CCCCCC1CCC2OC2C1)C(=O)O. The molecule has 0 radical (unpaired) electrons. The Morgan fingerprint density at radius 3 is 2.76 bits per heavy atom. The van der Waals surface area contributed by atoms with Crippen LogP contribution in [0.4, 0.5) is 0 Å². The van der Waals surface area contributed by atoms with E-state index in [9.17, 15) is 4.79 Å². The second-order valence-corrected chi connectivity index (χ2v) is 5.40. The van der Waals surface area contributed by atoms with Gasteiger partial charge in [-0.3, -0.25) is 0 Å². The molecule has 1 heterocycles. The molecule has 0 amide bonds. The van der Waals surface area contributed by atoms with Crippen LogP contribution in [0, 0.1) is 5.92 Å². The highest BCUT2D eigenvalue weighted by Crippen LogP contribution is 2.41. The minimum absolute atomic E-state index is 0.344. The Kier molecular flexibility index (Phi) is 4.21.